The average molecular weight is 349 g/mol. The number of aromatic nitrogens is 1. The molecule has 0 saturated heterocycles. The first-order valence-corrected chi connectivity index (χ1v) is 9.65. The van der Waals surface area contributed by atoms with Crippen LogP contribution in [-0.2, 0) is 6.54 Å². The largest absolute Gasteiger partial charge is 0.360 e. The van der Waals surface area contributed by atoms with Crippen molar-refractivity contribution in [2.24, 2.45) is 0 Å². The summed E-state index contributed by atoms with van der Waals surface area (Å²) in [5, 5.41) is 4.56. The molecule has 0 unspecified atom stereocenters. The predicted molar refractivity (Wildman–Crippen MR) is 105 cm³/mol. The topological polar surface area (TPSA) is 31.4 Å². The highest BCUT2D eigenvalue weighted by atomic mass is 32.1. The van der Waals surface area contributed by atoms with Gasteiger partial charge in [-0.1, -0.05) is 32.1 Å². The maximum Gasteiger partial charge on any atom is 0.169 e. The van der Waals surface area contributed by atoms with Crippen LogP contribution in [-0.4, -0.2) is 53.1 Å². The minimum atomic E-state index is 0.539. The second-order valence-corrected chi connectivity index (χ2v) is 7.46. The standard InChI is InChI=1S/C19H32N4S/c1-22(2)14-15-23(16-17-10-12-20-13-11-17)19(24)21-18-8-6-4-3-5-7-9-18/h10-13,18H,3-9,14-16H2,1-2H3,(H,21,24). The van der Waals surface area contributed by atoms with E-state index in [1.54, 1.807) is 0 Å². The second-order valence-electron chi connectivity index (χ2n) is 7.07. The normalized spacial score (nSPS) is 16.5. The van der Waals surface area contributed by atoms with Crippen LogP contribution in [0.4, 0.5) is 0 Å². The second kappa shape index (κ2) is 10.6. The van der Waals surface area contributed by atoms with Crippen molar-refractivity contribution in [3.8, 4) is 0 Å². The van der Waals surface area contributed by atoms with Crippen LogP contribution < -0.4 is 5.32 Å². The number of nitrogens with one attached hydrogen (secondary N) is 1. The Morgan fingerprint density at radius 1 is 1.08 bits per heavy atom. The molecule has 0 bridgehead atoms. The lowest BCUT2D eigenvalue weighted by atomic mass is 9.97. The zero-order chi connectivity index (χ0) is 17.2. The Morgan fingerprint density at radius 3 is 2.33 bits per heavy atom. The Balaban J connectivity index is 1.94. The quantitative estimate of drug-likeness (QED) is 0.796. The van der Waals surface area contributed by atoms with Gasteiger partial charge in [-0.2, -0.15) is 0 Å². The summed E-state index contributed by atoms with van der Waals surface area (Å²) < 4.78 is 0. The Morgan fingerprint density at radius 2 is 1.71 bits per heavy atom. The Kier molecular flexibility index (Phi) is 8.47. The number of hydrogen-bond acceptors (Lipinski definition) is 3. The van der Waals surface area contributed by atoms with Crippen LogP contribution in [0.15, 0.2) is 24.5 Å². The highest BCUT2D eigenvalue weighted by Crippen LogP contribution is 2.17. The van der Waals surface area contributed by atoms with Gasteiger partial charge < -0.3 is 15.1 Å². The van der Waals surface area contributed by atoms with E-state index in [1.807, 2.05) is 12.4 Å². The van der Waals surface area contributed by atoms with Crippen LogP contribution in [0, 0.1) is 0 Å². The molecule has 4 nitrogen and oxygen atoms in total. The molecule has 24 heavy (non-hydrogen) atoms. The monoisotopic (exact) mass is 348 g/mol. The van der Waals surface area contributed by atoms with Crippen molar-refractivity contribution in [3.05, 3.63) is 30.1 Å². The first-order chi connectivity index (χ1) is 11.6. The molecule has 1 N–H and O–H groups in total. The molecule has 0 aromatic carbocycles. The first-order valence-electron chi connectivity index (χ1n) is 9.24. The molecule has 2 rings (SSSR count). The number of thiocarbonyl (C=S) groups is 1. The van der Waals surface area contributed by atoms with Crippen LogP contribution in [0.5, 0.6) is 0 Å². The zero-order valence-corrected chi connectivity index (χ0v) is 16.0. The van der Waals surface area contributed by atoms with E-state index in [4.69, 9.17) is 12.2 Å². The fourth-order valence-corrected chi connectivity index (χ4v) is 3.47. The molecule has 1 heterocycles. The Hall–Kier alpha value is -1.20. The van der Waals surface area contributed by atoms with Crippen molar-refractivity contribution in [3.63, 3.8) is 0 Å². The summed E-state index contributed by atoms with van der Waals surface area (Å²) in [6, 6.07) is 4.68. The molecule has 0 radical (unpaired) electrons. The fraction of sp³-hybridized carbons (Fsp3) is 0.684. The number of pyridine rings is 1. The lowest BCUT2D eigenvalue weighted by Gasteiger charge is -2.31. The maximum atomic E-state index is 5.77. The number of hydrogen-bond donors (Lipinski definition) is 1. The van der Waals surface area contributed by atoms with Crippen LogP contribution >= 0.6 is 12.2 Å². The first kappa shape index (κ1) is 19.1. The summed E-state index contributed by atoms with van der Waals surface area (Å²) in [5.41, 5.74) is 1.26. The van der Waals surface area contributed by atoms with Crippen LogP contribution in [0.1, 0.15) is 50.5 Å². The van der Waals surface area contributed by atoms with Crippen molar-refractivity contribution in [1.29, 1.82) is 0 Å². The van der Waals surface area contributed by atoms with Gasteiger partial charge in [0, 0.05) is 38.1 Å². The third-order valence-electron chi connectivity index (χ3n) is 4.66. The summed E-state index contributed by atoms with van der Waals surface area (Å²) in [7, 11) is 4.21. The van der Waals surface area contributed by atoms with E-state index >= 15 is 0 Å². The molecular formula is C19H32N4S. The average Bonchev–Trinajstić information content (AvgIpc) is 2.54. The van der Waals surface area contributed by atoms with Crippen molar-refractivity contribution in [1.82, 2.24) is 20.1 Å². The van der Waals surface area contributed by atoms with Gasteiger partial charge in [0.1, 0.15) is 0 Å². The molecule has 0 aliphatic heterocycles. The van der Waals surface area contributed by atoms with E-state index < -0.39 is 0 Å². The van der Waals surface area contributed by atoms with Gasteiger partial charge in [0.05, 0.1) is 0 Å². The van der Waals surface area contributed by atoms with Gasteiger partial charge >= 0.3 is 0 Å². The van der Waals surface area contributed by atoms with E-state index in [-0.39, 0.29) is 0 Å². The van der Waals surface area contributed by atoms with Gasteiger partial charge in [0.2, 0.25) is 0 Å². The molecule has 1 aliphatic rings. The minimum Gasteiger partial charge on any atom is -0.360 e. The van der Waals surface area contributed by atoms with E-state index in [0.29, 0.717) is 6.04 Å². The Bertz CT molecular complexity index is 470. The minimum absolute atomic E-state index is 0.539. The molecule has 1 aliphatic carbocycles. The molecule has 1 aromatic heterocycles. The molecule has 134 valence electrons. The molecule has 5 heteroatoms. The summed E-state index contributed by atoms with van der Waals surface area (Å²) >= 11 is 5.77. The van der Waals surface area contributed by atoms with Crippen LogP contribution in [0.2, 0.25) is 0 Å². The maximum absolute atomic E-state index is 5.77. The number of rotatable bonds is 6. The van der Waals surface area contributed by atoms with Crippen LogP contribution in [0.3, 0.4) is 0 Å². The van der Waals surface area contributed by atoms with E-state index in [1.165, 1.54) is 50.5 Å². The van der Waals surface area contributed by atoms with Crippen molar-refractivity contribution in [2.75, 3.05) is 27.2 Å². The summed E-state index contributed by atoms with van der Waals surface area (Å²) in [6.07, 6.45) is 13.0. The number of nitrogens with zero attached hydrogens (tertiary/aromatic N) is 3. The highest BCUT2D eigenvalue weighted by molar-refractivity contribution is 7.80. The molecular weight excluding hydrogens is 316 g/mol. The Labute approximate surface area is 152 Å². The van der Waals surface area contributed by atoms with Gasteiger partial charge in [-0.25, -0.2) is 0 Å². The van der Waals surface area contributed by atoms with E-state index in [9.17, 15) is 0 Å². The summed E-state index contributed by atoms with van der Waals surface area (Å²) in [6.45, 7) is 2.78. The SMILES string of the molecule is CN(C)CCN(Cc1ccncc1)C(=S)NC1CCCCCCC1. The molecule has 1 aromatic rings. The number of likely N-dealkylation sites (N-methyl/N-ethyl adjacent to an activating group) is 1. The van der Waals surface area contributed by atoms with Gasteiger partial charge in [-0.05, 0) is 56.9 Å². The lowest BCUT2D eigenvalue weighted by molar-refractivity contribution is 0.316. The van der Waals surface area contributed by atoms with Crippen LogP contribution in [0.25, 0.3) is 0 Å². The van der Waals surface area contributed by atoms with Crippen molar-refractivity contribution < 1.29 is 0 Å². The smallest absolute Gasteiger partial charge is 0.169 e. The zero-order valence-electron chi connectivity index (χ0n) is 15.2. The predicted octanol–water partition coefficient (Wildman–Crippen LogP) is 3.43. The third-order valence-corrected chi connectivity index (χ3v) is 5.04. The fourth-order valence-electron chi connectivity index (χ4n) is 3.15. The highest BCUT2D eigenvalue weighted by Gasteiger charge is 2.16. The molecule has 0 atom stereocenters. The molecule has 0 spiro atoms. The van der Waals surface area contributed by atoms with Gasteiger partial charge in [-0.3, -0.25) is 4.98 Å². The third kappa shape index (κ3) is 7.14. The molecule has 1 saturated carbocycles. The summed E-state index contributed by atoms with van der Waals surface area (Å²) in [4.78, 5) is 8.61. The van der Waals surface area contributed by atoms with Gasteiger partial charge in [0.25, 0.3) is 0 Å². The van der Waals surface area contributed by atoms with Gasteiger partial charge in [0.15, 0.2) is 5.11 Å². The van der Waals surface area contributed by atoms with Crippen molar-refractivity contribution in [2.45, 2.75) is 57.5 Å². The lowest BCUT2D eigenvalue weighted by Crippen LogP contribution is -2.46. The van der Waals surface area contributed by atoms with Crippen molar-refractivity contribution >= 4 is 17.3 Å². The molecule has 0 amide bonds. The van der Waals surface area contributed by atoms with E-state index in [0.717, 1.165) is 24.7 Å². The van der Waals surface area contributed by atoms with Gasteiger partial charge in [-0.15, -0.1) is 0 Å². The summed E-state index contributed by atoms with van der Waals surface area (Å²) in [5.74, 6) is 0. The van der Waals surface area contributed by atoms with E-state index in [2.05, 4.69) is 46.3 Å². The molecule has 1 fully saturated rings.